The van der Waals surface area contributed by atoms with Gasteiger partial charge in [0.05, 0.1) is 11.1 Å². The molecular formula is C15H21ClN4O. The third kappa shape index (κ3) is 3.54. The largest absolute Gasteiger partial charge is 0.317 e. The van der Waals surface area contributed by atoms with Gasteiger partial charge >= 0.3 is 0 Å². The van der Waals surface area contributed by atoms with Gasteiger partial charge in [0, 0.05) is 12.2 Å². The van der Waals surface area contributed by atoms with Gasteiger partial charge < -0.3 is 10.6 Å². The van der Waals surface area contributed by atoms with Crippen LogP contribution in [0.4, 0.5) is 5.82 Å². The number of aromatic nitrogens is 1. The number of likely N-dealkylation sites (tertiary alicyclic amines) is 1. The summed E-state index contributed by atoms with van der Waals surface area (Å²) < 4.78 is 0. The lowest BCUT2D eigenvalue weighted by Crippen LogP contribution is -2.49. The smallest absolute Gasteiger partial charge is 0.242 e. The van der Waals surface area contributed by atoms with E-state index in [1.807, 2.05) is 0 Å². The fraction of sp³-hybridized carbons (Fsp3) is 0.600. The summed E-state index contributed by atoms with van der Waals surface area (Å²) in [5.41, 5.74) is 0. The maximum atomic E-state index is 12.5. The zero-order valence-electron chi connectivity index (χ0n) is 12.0. The van der Waals surface area contributed by atoms with Crippen LogP contribution >= 0.6 is 11.6 Å². The van der Waals surface area contributed by atoms with Gasteiger partial charge in [-0.2, -0.15) is 0 Å². The molecule has 1 aromatic rings. The molecule has 0 saturated carbocycles. The maximum Gasteiger partial charge on any atom is 0.242 e. The molecule has 2 aliphatic heterocycles. The zero-order valence-corrected chi connectivity index (χ0v) is 12.8. The molecule has 2 aliphatic rings. The highest BCUT2D eigenvalue weighted by molar-refractivity contribution is 6.30. The fourth-order valence-corrected chi connectivity index (χ4v) is 3.42. The van der Waals surface area contributed by atoms with Gasteiger partial charge in [-0.25, -0.2) is 4.98 Å². The quantitative estimate of drug-likeness (QED) is 0.895. The number of anilines is 1. The summed E-state index contributed by atoms with van der Waals surface area (Å²) in [6, 6.07) is 3.99. The molecule has 1 amide bonds. The minimum atomic E-state index is -0.0226. The van der Waals surface area contributed by atoms with Crippen molar-refractivity contribution in [2.75, 3.05) is 25.0 Å². The molecule has 0 aliphatic carbocycles. The van der Waals surface area contributed by atoms with Gasteiger partial charge in [-0.1, -0.05) is 11.6 Å². The van der Waals surface area contributed by atoms with Gasteiger partial charge in [0.1, 0.15) is 5.82 Å². The monoisotopic (exact) mass is 308 g/mol. The van der Waals surface area contributed by atoms with Crippen molar-refractivity contribution >= 4 is 23.3 Å². The number of rotatable bonds is 3. The Morgan fingerprint density at radius 3 is 2.86 bits per heavy atom. The number of carbonyl (C=O) groups excluding carboxylic acids is 1. The molecule has 21 heavy (non-hydrogen) atoms. The van der Waals surface area contributed by atoms with Crippen molar-refractivity contribution in [3.8, 4) is 0 Å². The molecule has 1 atom stereocenters. The van der Waals surface area contributed by atoms with Gasteiger partial charge in [0.15, 0.2) is 0 Å². The van der Waals surface area contributed by atoms with E-state index in [2.05, 4.69) is 20.5 Å². The Hall–Kier alpha value is -1.17. The number of hydrogen-bond donors (Lipinski definition) is 2. The lowest BCUT2D eigenvalue weighted by molar-refractivity contribution is -0.121. The number of hydrogen-bond acceptors (Lipinski definition) is 4. The van der Waals surface area contributed by atoms with E-state index in [1.165, 1.54) is 0 Å². The molecule has 114 valence electrons. The topological polar surface area (TPSA) is 57.3 Å². The summed E-state index contributed by atoms with van der Waals surface area (Å²) in [4.78, 5) is 19.0. The predicted molar refractivity (Wildman–Crippen MR) is 83.5 cm³/mol. The average molecular weight is 309 g/mol. The summed E-state index contributed by atoms with van der Waals surface area (Å²) in [7, 11) is 0. The second kappa shape index (κ2) is 6.73. The molecule has 1 unspecified atom stereocenters. The average Bonchev–Trinajstić information content (AvgIpc) is 3.00. The number of carbonyl (C=O) groups is 1. The van der Waals surface area contributed by atoms with Crippen molar-refractivity contribution in [2.45, 2.75) is 37.8 Å². The van der Waals surface area contributed by atoms with Crippen LogP contribution in [0.2, 0.25) is 5.02 Å². The maximum absolute atomic E-state index is 12.5. The van der Waals surface area contributed by atoms with Crippen LogP contribution in [0.15, 0.2) is 18.3 Å². The lowest BCUT2D eigenvalue weighted by atomic mass is 10.0. The Bertz CT molecular complexity index is 487. The van der Waals surface area contributed by atoms with E-state index < -0.39 is 0 Å². The Balaban J connectivity index is 1.63. The predicted octanol–water partition coefficient (Wildman–Crippen LogP) is 1.89. The molecular weight excluding hydrogens is 288 g/mol. The zero-order chi connectivity index (χ0) is 14.7. The van der Waals surface area contributed by atoms with Crippen LogP contribution in [0.25, 0.3) is 0 Å². The minimum Gasteiger partial charge on any atom is -0.317 e. The van der Waals surface area contributed by atoms with Crippen LogP contribution < -0.4 is 10.6 Å². The van der Waals surface area contributed by atoms with Crippen molar-refractivity contribution in [3.05, 3.63) is 23.4 Å². The van der Waals surface area contributed by atoms with Crippen molar-refractivity contribution in [1.29, 1.82) is 0 Å². The molecule has 0 bridgehead atoms. The van der Waals surface area contributed by atoms with E-state index in [0.717, 1.165) is 45.3 Å². The lowest BCUT2D eigenvalue weighted by Gasteiger charge is -2.35. The van der Waals surface area contributed by atoms with Crippen LogP contribution in [-0.4, -0.2) is 47.5 Å². The summed E-state index contributed by atoms with van der Waals surface area (Å²) in [5.74, 6) is 0.627. The van der Waals surface area contributed by atoms with E-state index in [9.17, 15) is 4.79 Å². The molecule has 6 heteroatoms. The molecule has 5 nitrogen and oxygen atoms in total. The Labute approximate surface area is 130 Å². The second-order valence-electron chi connectivity index (χ2n) is 5.73. The van der Waals surface area contributed by atoms with Gasteiger partial charge in [-0.05, 0) is 57.5 Å². The van der Waals surface area contributed by atoms with Gasteiger partial charge in [0.2, 0.25) is 5.91 Å². The van der Waals surface area contributed by atoms with Crippen LogP contribution in [0.5, 0.6) is 0 Å². The molecule has 2 saturated heterocycles. The molecule has 1 aromatic heterocycles. The first-order valence-electron chi connectivity index (χ1n) is 7.63. The molecule has 0 radical (unpaired) electrons. The molecule has 0 spiro atoms. The first-order valence-corrected chi connectivity index (χ1v) is 8.01. The summed E-state index contributed by atoms with van der Waals surface area (Å²) in [6.45, 7) is 3.12. The highest BCUT2D eigenvalue weighted by atomic mass is 35.5. The molecule has 3 rings (SSSR count). The van der Waals surface area contributed by atoms with Crippen LogP contribution in [-0.2, 0) is 4.79 Å². The fourth-order valence-electron chi connectivity index (χ4n) is 3.31. The summed E-state index contributed by atoms with van der Waals surface area (Å²) in [6.07, 6.45) is 5.84. The number of pyridine rings is 1. The van der Waals surface area contributed by atoms with Crippen LogP contribution in [0.3, 0.4) is 0 Å². The molecule has 0 aromatic carbocycles. The Morgan fingerprint density at radius 2 is 2.14 bits per heavy atom. The Morgan fingerprint density at radius 1 is 1.33 bits per heavy atom. The highest BCUT2D eigenvalue weighted by Gasteiger charge is 2.35. The number of halogens is 1. The van der Waals surface area contributed by atoms with E-state index in [0.29, 0.717) is 16.9 Å². The summed E-state index contributed by atoms with van der Waals surface area (Å²) >= 11 is 5.81. The number of piperidine rings is 1. The molecule has 2 N–H and O–H groups in total. The minimum absolute atomic E-state index is 0.0226. The SMILES string of the molecule is O=C(Nc1ccc(Cl)cn1)C1CCCN1C1CCNCC1. The van der Waals surface area contributed by atoms with Crippen LogP contribution in [0.1, 0.15) is 25.7 Å². The normalized spacial score (nSPS) is 24.1. The van der Waals surface area contributed by atoms with E-state index in [1.54, 1.807) is 18.3 Å². The number of amides is 1. The van der Waals surface area contributed by atoms with Crippen LogP contribution in [0, 0.1) is 0 Å². The third-order valence-corrected chi connectivity index (χ3v) is 4.58. The second-order valence-corrected chi connectivity index (χ2v) is 6.16. The van der Waals surface area contributed by atoms with Crippen molar-refractivity contribution in [1.82, 2.24) is 15.2 Å². The molecule has 2 fully saturated rings. The summed E-state index contributed by atoms with van der Waals surface area (Å²) in [5, 5.41) is 6.87. The third-order valence-electron chi connectivity index (χ3n) is 4.35. The van der Waals surface area contributed by atoms with E-state index in [4.69, 9.17) is 11.6 Å². The first kappa shape index (κ1) is 14.8. The highest BCUT2D eigenvalue weighted by Crippen LogP contribution is 2.25. The van der Waals surface area contributed by atoms with E-state index >= 15 is 0 Å². The first-order chi connectivity index (χ1) is 10.2. The number of nitrogens with zero attached hydrogens (tertiary/aromatic N) is 2. The van der Waals surface area contributed by atoms with Gasteiger partial charge in [-0.15, -0.1) is 0 Å². The van der Waals surface area contributed by atoms with Crippen molar-refractivity contribution < 1.29 is 4.79 Å². The van der Waals surface area contributed by atoms with E-state index in [-0.39, 0.29) is 11.9 Å². The van der Waals surface area contributed by atoms with Gasteiger partial charge in [0.25, 0.3) is 0 Å². The standard InChI is InChI=1S/C15H21ClN4O/c16-11-3-4-14(18-10-11)19-15(21)13-2-1-9-20(13)12-5-7-17-8-6-12/h3-4,10,12-13,17H,1-2,5-9H2,(H,18,19,21). The number of nitrogens with one attached hydrogen (secondary N) is 2. The Kier molecular flexibility index (Phi) is 4.73. The molecule has 3 heterocycles. The van der Waals surface area contributed by atoms with Crippen molar-refractivity contribution in [2.24, 2.45) is 0 Å². The van der Waals surface area contributed by atoms with Crippen molar-refractivity contribution in [3.63, 3.8) is 0 Å². The van der Waals surface area contributed by atoms with Gasteiger partial charge in [-0.3, -0.25) is 9.69 Å².